The molecule has 4 aromatic rings. The molecule has 0 aliphatic rings. The maximum Gasteiger partial charge on any atom is 0.323 e. The average molecular weight is 447 g/mol. The zero-order chi connectivity index (χ0) is 22.7. The Morgan fingerprint density at radius 2 is 1.81 bits per heavy atom. The molecule has 0 spiro atoms. The van der Waals surface area contributed by atoms with Crippen LogP contribution in [0.1, 0.15) is 19.4 Å². The van der Waals surface area contributed by atoms with Crippen LogP contribution >= 0.6 is 11.3 Å². The third-order valence-electron chi connectivity index (χ3n) is 4.72. The Kier molecular flexibility index (Phi) is 5.85. The number of nitrogen functional groups attached to an aromatic ring is 1. The molecule has 32 heavy (non-hydrogen) atoms. The molecule has 2 aromatic heterocycles. The number of amides is 2. The summed E-state index contributed by atoms with van der Waals surface area (Å²) in [5.41, 5.74) is 9.14. The molecule has 0 unspecified atom stereocenters. The second-order valence-corrected chi connectivity index (χ2v) is 8.52. The number of aliphatic hydroxyl groups is 1. The van der Waals surface area contributed by atoms with Gasteiger partial charge in [-0.05, 0) is 43.7 Å². The van der Waals surface area contributed by atoms with E-state index in [0.717, 1.165) is 16.3 Å². The number of anilines is 3. The minimum atomic E-state index is -0.995. The topological polar surface area (TPSA) is 126 Å². The molecule has 162 valence electrons. The molecular formula is C23H22N6O2S. The summed E-state index contributed by atoms with van der Waals surface area (Å²) in [7, 11) is 0. The maximum absolute atomic E-state index is 12.5. The Balaban J connectivity index is 1.48. The van der Waals surface area contributed by atoms with Gasteiger partial charge in [0.05, 0.1) is 16.9 Å². The van der Waals surface area contributed by atoms with E-state index in [2.05, 4.69) is 25.6 Å². The van der Waals surface area contributed by atoms with Crippen LogP contribution in [-0.4, -0.2) is 26.1 Å². The molecule has 2 amide bonds. The smallest absolute Gasteiger partial charge is 0.323 e. The predicted molar refractivity (Wildman–Crippen MR) is 127 cm³/mol. The summed E-state index contributed by atoms with van der Waals surface area (Å²) in [6, 6.07) is 14.1. The molecule has 0 atom stereocenters. The zero-order valence-corrected chi connectivity index (χ0v) is 18.4. The summed E-state index contributed by atoms with van der Waals surface area (Å²) >= 11 is 1.45. The zero-order valence-electron chi connectivity index (χ0n) is 17.5. The van der Waals surface area contributed by atoms with Gasteiger partial charge in [-0.25, -0.2) is 19.7 Å². The van der Waals surface area contributed by atoms with Gasteiger partial charge in [0.25, 0.3) is 0 Å². The quantitative estimate of drug-likeness (QED) is 0.351. The molecule has 8 nitrogen and oxygen atoms in total. The molecule has 9 heteroatoms. The summed E-state index contributed by atoms with van der Waals surface area (Å²) in [5.74, 6) is 0.377. The largest absolute Gasteiger partial charge is 0.386 e. The fourth-order valence-corrected chi connectivity index (χ4v) is 3.91. The van der Waals surface area contributed by atoms with Crippen LogP contribution in [0.4, 0.5) is 22.0 Å². The number of thiazole rings is 1. The first-order chi connectivity index (χ1) is 15.3. The van der Waals surface area contributed by atoms with Crippen molar-refractivity contribution < 1.29 is 9.90 Å². The molecule has 0 aliphatic carbocycles. The van der Waals surface area contributed by atoms with Gasteiger partial charge < -0.3 is 21.5 Å². The van der Waals surface area contributed by atoms with E-state index in [0.29, 0.717) is 28.3 Å². The Bertz CT molecular complexity index is 1270. The third-order valence-corrected chi connectivity index (χ3v) is 5.60. The van der Waals surface area contributed by atoms with Gasteiger partial charge in [-0.1, -0.05) is 24.3 Å². The summed E-state index contributed by atoms with van der Waals surface area (Å²) in [6.45, 7) is 3.39. The van der Waals surface area contributed by atoms with Gasteiger partial charge in [-0.2, -0.15) is 0 Å². The number of benzene rings is 2. The minimum absolute atomic E-state index is 0.377. The maximum atomic E-state index is 12.5. The Morgan fingerprint density at radius 1 is 1.09 bits per heavy atom. The number of rotatable bonds is 5. The van der Waals surface area contributed by atoms with Gasteiger partial charge in [0, 0.05) is 28.5 Å². The van der Waals surface area contributed by atoms with Crippen LogP contribution in [0.5, 0.6) is 0 Å². The highest BCUT2D eigenvalue weighted by Crippen LogP contribution is 2.31. The summed E-state index contributed by atoms with van der Waals surface area (Å²) in [6.07, 6.45) is 3.04. The van der Waals surface area contributed by atoms with Gasteiger partial charge >= 0.3 is 6.03 Å². The van der Waals surface area contributed by atoms with E-state index in [-0.39, 0.29) is 6.03 Å². The van der Waals surface area contributed by atoms with Crippen LogP contribution in [0.3, 0.4) is 0 Å². The number of hydrogen-bond acceptors (Lipinski definition) is 7. The normalized spacial score (nSPS) is 11.2. The molecule has 0 saturated heterocycles. The van der Waals surface area contributed by atoms with Gasteiger partial charge in [-0.3, -0.25) is 0 Å². The first-order valence-corrected chi connectivity index (χ1v) is 10.7. The molecule has 0 saturated carbocycles. The highest BCUT2D eigenvalue weighted by molar-refractivity contribution is 7.13. The standard InChI is InChI=1S/C23H22N6O2S/c1-23(2,31)15-6-4-8-17(10-15)28-22(30)27-16-7-3-5-14(9-16)19-12-32-21(29-19)18-11-25-13-26-20(18)24/h3-13,31H,1-2H3,(H2,24,25,26)(H2,27,28,30). The highest BCUT2D eigenvalue weighted by Gasteiger charge is 2.16. The number of aromatic nitrogens is 3. The molecule has 4 rings (SSSR count). The first kappa shape index (κ1) is 21.4. The molecule has 2 heterocycles. The van der Waals surface area contributed by atoms with Crippen LogP contribution in [0.15, 0.2) is 66.4 Å². The van der Waals surface area contributed by atoms with E-state index in [1.807, 2.05) is 29.6 Å². The summed E-state index contributed by atoms with van der Waals surface area (Å²) in [4.78, 5) is 25.1. The van der Waals surface area contributed by atoms with E-state index in [1.165, 1.54) is 17.7 Å². The lowest BCUT2D eigenvalue weighted by Gasteiger charge is -2.18. The second-order valence-electron chi connectivity index (χ2n) is 7.66. The number of nitrogens with one attached hydrogen (secondary N) is 2. The molecule has 0 aliphatic heterocycles. The lowest BCUT2D eigenvalue weighted by Crippen LogP contribution is -2.20. The molecule has 0 fully saturated rings. The number of urea groups is 1. The minimum Gasteiger partial charge on any atom is -0.386 e. The van der Waals surface area contributed by atoms with Crippen LogP contribution in [0, 0.1) is 0 Å². The molecule has 0 bridgehead atoms. The fourth-order valence-electron chi connectivity index (χ4n) is 3.06. The van der Waals surface area contributed by atoms with Crippen LogP contribution in [0.25, 0.3) is 21.8 Å². The summed E-state index contributed by atoms with van der Waals surface area (Å²) < 4.78 is 0. The average Bonchev–Trinajstić information content (AvgIpc) is 3.24. The lowest BCUT2D eigenvalue weighted by molar-refractivity contribution is 0.0786. The van der Waals surface area contributed by atoms with E-state index >= 15 is 0 Å². The van der Waals surface area contributed by atoms with Crippen molar-refractivity contribution in [3.05, 3.63) is 72.0 Å². The van der Waals surface area contributed by atoms with Gasteiger partial charge in [0.2, 0.25) is 0 Å². The Morgan fingerprint density at radius 3 is 2.53 bits per heavy atom. The molecular weight excluding hydrogens is 424 g/mol. The third kappa shape index (κ3) is 4.90. The van der Waals surface area contributed by atoms with E-state index in [4.69, 9.17) is 5.73 Å². The number of carbonyl (C=O) groups excluding carboxylic acids is 1. The Hall–Kier alpha value is -3.82. The predicted octanol–water partition coefficient (Wildman–Crippen LogP) is 4.72. The van der Waals surface area contributed by atoms with Crippen molar-refractivity contribution in [1.29, 1.82) is 0 Å². The van der Waals surface area contributed by atoms with Crippen molar-refractivity contribution in [1.82, 2.24) is 15.0 Å². The van der Waals surface area contributed by atoms with Crippen molar-refractivity contribution in [2.24, 2.45) is 0 Å². The van der Waals surface area contributed by atoms with Gasteiger partial charge in [0.15, 0.2) is 0 Å². The van der Waals surface area contributed by atoms with Gasteiger partial charge in [-0.15, -0.1) is 11.3 Å². The molecule has 2 aromatic carbocycles. The first-order valence-electron chi connectivity index (χ1n) is 9.82. The number of carbonyl (C=O) groups is 1. The number of nitrogens with zero attached hydrogens (tertiary/aromatic N) is 3. The van der Waals surface area contributed by atoms with Crippen LogP contribution in [0.2, 0.25) is 0 Å². The van der Waals surface area contributed by atoms with Crippen molar-refractivity contribution in [3.8, 4) is 21.8 Å². The van der Waals surface area contributed by atoms with E-state index in [1.54, 1.807) is 44.3 Å². The summed E-state index contributed by atoms with van der Waals surface area (Å²) in [5, 5.41) is 18.4. The monoisotopic (exact) mass is 446 g/mol. The Labute approximate surface area is 189 Å². The van der Waals surface area contributed by atoms with Crippen molar-refractivity contribution in [2.75, 3.05) is 16.4 Å². The van der Waals surface area contributed by atoms with Crippen molar-refractivity contribution >= 4 is 34.6 Å². The second kappa shape index (κ2) is 8.74. The number of nitrogens with two attached hydrogens (primary N) is 1. The van der Waals surface area contributed by atoms with Crippen molar-refractivity contribution in [3.63, 3.8) is 0 Å². The van der Waals surface area contributed by atoms with Crippen LogP contribution < -0.4 is 16.4 Å². The van der Waals surface area contributed by atoms with E-state index in [9.17, 15) is 9.90 Å². The van der Waals surface area contributed by atoms with E-state index < -0.39 is 5.60 Å². The van der Waals surface area contributed by atoms with Gasteiger partial charge in [0.1, 0.15) is 17.2 Å². The number of hydrogen-bond donors (Lipinski definition) is 4. The SMILES string of the molecule is CC(C)(O)c1cccc(NC(=O)Nc2cccc(-c3csc(-c4cncnc4N)n3)c2)c1. The van der Waals surface area contributed by atoms with Crippen molar-refractivity contribution in [2.45, 2.75) is 19.4 Å². The van der Waals surface area contributed by atoms with Crippen LogP contribution in [-0.2, 0) is 5.60 Å². The lowest BCUT2D eigenvalue weighted by atomic mass is 9.98. The molecule has 0 radical (unpaired) electrons. The fraction of sp³-hybridized carbons (Fsp3) is 0.130. The highest BCUT2D eigenvalue weighted by atomic mass is 32.1. The molecule has 5 N–H and O–H groups in total.